The van der Waals surface area contributed by atoms with Gasteiger partial charge in [-0.15, -0.1) is 0 Å². The number of amides is 1. The third kappa shape index (κ3) is 5.09. The minimum atomic E-state index is -0.327. The van der Waals surface area contributed by atoms with E-state index >= 15 is 0 Å². The third-order valence-electron chi connectivity index (χ3n) is 3.50. The van der Waals surface area contributed by atoms with Gasteiger partial charge in [-0.1, -0.05) is 51.1 Å². The highest BCUT2D eigenvalue weighted by Crippen LogP contribution is 2.25. The van der Waals surface area contributed by atoms with Crippen LogP contribution in [0.15, 0.2) is 48.5 Å². The van der Waals surface area contributed by atoms with Crippen molar-refractivity contribution in [1.29, 1.82) is 0 Å². The normalized spacial score (nSPS) is 11.1. The quantitative estimate of drug-likeness (QED) is 0.911. The molecule has 0 bridgehead atoms. The van der Waals surface area contributed by atoms with E-state index in [4.69, 9.17) is 4.74 Å². The fourth-order valence-electron chi connectivity index (χ4n) is 2.09. The number of halogens is 1. The molecule has 0 heterocycles. The topological polar surface area (TPSA) is 38.3 Å². The maximum absolute atomic E-state index is 13.5. The lowest BCUT2D eigenvalue weighted by Gasteiger charge is -2.19. The number of benzene rings is 2. The van der Waals surface area contributed by atoms with Gasteiger partial charge < -0.3 is 10.1 Å². The first-order valence-electron chi connectivity index (χ1n) is 7.60. The lowest BCUT2D eigenvalue weighted by atomic mass is 9.87. The van der Waals surface area contributed by atoms with Crippen molar-refractivity contribution in [2.45, 2.75) is 32.7 Å². The van der Waals surface area contributed by atoms with Crippen LogP contribution >= 0.6 is 0 Å². The highest BCUT2D eigenvalue weighted by atomic mass is 19.1. The van der Waals surface area contributed by atoms with E-state index in [2.05, 4.69) is 26.1 Å². The fraction of sp³-hybridized carbons (Fsp3) is 0.316. The van der Waals surface area contributed by atoms with Crippen LogP contribution in [0.4, 0.5) is 4.39 Å². The number of carbonyl (C=O) groups excluding carboxylic acids is 1. The van der Waals surface area contributed by atoms with Crippen molar-refractivity contribution >= 4 is 5.91 Å². The van der Waals surface area contributed by atoms with Crippen LogP contribution < -0.4 is 10.1 Å². The molecule has 0 atom stereocenters. The van der Waals surface area contributed by atoms with Crippen LogP contribution in [0, 0.1) is 5.82 Å². The van der Waals surface area contributed by atoms with Crippen LogP contribution in [0.2, 0.25) is 0 Å². The van der Waals surface area contributed by atoms with Crippen LogP contribution in [0.1, 0.15) is 31.9 Å². The molecular formula is C19H22FNO2. The van der Waals surface area contributed by atoms with Gasteiger partial charge in [0, 0.05) is 12.1 Å². The Labute approximate surface area is 136 Å². The van der Waals surface area contributed by atoms with Crippen LogP contribution in [-0.4, -0.2) is 12.5 Å². The first-order valence-corrected chi connectivity index (χ1v) is 7.60. The lowest BCUT2D eigenvalue weighted by Crippen LogP contribution is -2.28. The molecule has 0 radical (unpaired) electrons. The molecule has 0 aliphatic rings. The average Bonchev–Trinajstić information content (AvgIpc) is 2.51. The Morgan fingerprint density at radius 1 is 1.13 bits per heavy atom. The molecule has 2 aromatic carbocycles. The molecule has 3 nitrogen and oxygen atoms in total. The molecule has 1 N–H and O–H groups in total. The molecule has 23 heavy (non-hydrogen) atoms. The summed E-state index contributed by atoms with van der Waals surface area (Å²) in [7, 11) is 0. The zero-order chi connectivity index (χ0) is 16.9. The van der Waals surface area contributed by atoms with E-state index in [9.17, 15) is 9.18 Å². The molecular weight excluding hydrogens is 293 g/mol. The van der Waals surface area contributed by atoms with E-state index in [0.29, 0.717) is 11.3 Å². The van der Waals surface area contributed by atoms with E-state index in [1.807, 2.05) is 24.3 Å². The maximum atomic E-state index is 13.5. The largest absolute Gasteiger partial charge is 0.484 e. The summed E-state index contributed by atoms with van der Waals surface area (Å²) in [5.41, 5.74) is 1.62. The molecule has 0 saturated heterocycles. The summed E-state index contributed by atoms with van der Waals surface area (Å²) < 4.78 is 19.0. The van der Waals surface area contributed by atoms with Crippen molar-refractivity contribution in [3.63, 3.8) is 0 Å². The van der Waals surface area contributed by atoms with Gasteiger partial charge in [0.05, 0.1) is 0 Å². The molecule has 0 aliphatic carbocycles. The Hall–Kier alpha value is -2.36. The van der Waals surface area contributed by atoms with E-state index in [1.165, 1.54) is 6.07 Å². The summed E-state index contributed by atoms with van der Waals surface area (Å²) in [6.45, 7) is 6.41. The summed E-state index contributed by atoms with van der Waals surface area (Å²) in [6.07, 6.45) is 0. The van der Waals surface area contributed by atoms with Crippen molar-refractivity contribution in [2.75, 3.05) is 6.61 Å². The predicted octanol–water partition coefficient (Wildman–Crippen LogP) is 3.82. The number of ether oxygens (including phenoxy) is 1. The smallest absolute Gasteiger partial charge is 0.258 e. The minimum absolute atomic E-state index is 0.0203. The van der Waals surface area contributed by atoms with Crippen LogP contribution in [0.5, 0.6) is 5.75 Å². The first kappa shape index (κ1) is 17.0. The molecule has 1 amide bonds. The molecule has 4 heteroatoms. The van der Waals surface area contributed by atoms with E-state index in [-0.39, 0.29) is 30.3 Å². The summed E-state index contributed by atoms with van der Waals surface area (Å²) >= 11 is 0. The zero-order valence-corrected chi connectivity index (χ0v) is 13.7. The number of hydrogen-bond donors (Lipinski definition) is 1. The monoisotopic (exact) mass is 315 g/mol. The Morgan fingerprint density at radius 2 is 1.87 bits per heavy atom. The summed E-state index contributed by atoms with van der Waals surface area (Å²) in [5, 5.41) is 2.65. The van der Waals surface area contributed by atoms with Gasteiger partial charge in [0.25, 0.3) is 5.91 Å². The molecule has 2 rings (SSSR count). The van der Waals surface area contributed by atoms with E-state index in [0.717, 1.165) is 5.56 Å². The van der Waals surface area contributed by atoms with Crippen molar-refractivity contribution in [3.05, 3.63) is 65.5 Å². The van der Waals surface area contributed by atoms with Gasteiger partial charge in [-0.3, -0.25) is 4.79 Å². The predicted molar refractivity (Wildman–Crippen MR) is 88.9 cm³/mol. The summed E-state index contributed by atoms with van der Waals surface area (Å²) in [6, 6.07) is 14.1. The van der Waals surface area contributed by atoms with Crippen molar-refractivity contribution in [2.24, 2.45) is 0 Å². The second-order valence-electron chi connectivity index (χ2n) is 6.43. The van der Waals surface area contributed by atoms with Gasteiger partial charge in [0.15, 0.2) is 6.61 Å². The van der Waals surface area contributed by atoms with E-state index in [1.54, 1.807) is 18.2 Å². The molecule has 0 spiro atoms. The summed E-state index contributed by atoms with van der Waals surface area (Å²) in [5.74, 6) is 0.0412. The zero-order valence-electron chi connectivity index (χ0n) is 13.7. The second-order valence-corrected chi connectivity index (χ2v) is 6.43. The Bertz CT molecular complexity index is 677. The lowest BCUT2D eigenvalue weighted by molar-refractivity contribution is -0.123. The molecule has 0 aliphatic heterocycles. The molecule has 0 fully saturated rings. The van der Waals surface area contributed by atoms with Gasteiger partial charge in [-0.25, -0.2) is 4.39 Å². The highest BCUT2D eigenvalue weighted by Gasteiger charge is 2.14. The number of rotatable bonds is 5. The Kier molecular flexibility index (Phi) is 5.37. The van der Waals surface area contributed by atoms with E-state index < -0.39 is 0 Å². The van der Waals surface area contributed by atoms with Crippen molar-refractivity contribution in [3.8, 4) is 5.75 Å². The maximum Gasteiger partial charge on any atom is 0.258 e. The number of hydrogen-bond acceptors (Lipinski definition) is 2. The van der Waals surface area contributed by atoms with Gasteiger partial charge >= 0.3 is 0 Å². The SMILES string of the molecule is CC(C)(C)c1cccc(OCC(=O)NCc2ccccc2F)c1. The van der Waals surface area contributed by atoms with Gasteiger partial charge in [0.2, 0.25) is 0 Å². The second kappa shape index (κ2) is 7.27. The molecule has 0 unspecified atom stereocenters. The Morgan fingerprint density at radius 3 is 2.57 bits per heavy atom. The molecule has 0 aromatic heterocycles. The first-order chi connectivity index (χ1) is 10.9. The van der Waals surface area contributed by atoms with Crippen LogP contribution in [0.3, 0.4) is 0 Å². The average molecular weight is 315 g/mol. The Balaban J connectivity index is 1.86. The van der Waals surface area contributed by atoms with Crippen LogP contribution in [0.25, 0.3) is 0 Å². The fourth-order valence-corrected chi connectivity index (χ4v) is 2.09. The van der Waals surface area contributed by atoms with Crippen molar-refractivity contribution < 1.29 is 13.9 Å². The molecule has 122 valence electrons. The van der Waals surface area contributed by atoms with Gasteiger partial charge in [-0.2, -0.15) is 0 Å². The van der Waals surface area contributed by atoms with Gasteiger partial charge in [-0.05, 0) is 29.2 Å². The molecule has 0 saturated carbocycles. The van der Waals surface area contributed by atoms with Crippen molar-refractivity contribution in [1.82, 2.24) is 5.32 Å². The minimum Gasteiger partial charge on any atom is -0.484 e. The summed E-state index contributed by atoms with van der Waals surface area (Å²) in [4.78, 5) is 11.8. The van der Waals surface area contributed by atoms with Crippen LogP contribution in [-0.2, 0) is 16.8 Å². The van der Waals surface area contributed by atoms with Gasteiger partial charge in [0.1, 0.15) is 11.6 Å². The highest BCUT2D eigenvalue weighted by molar-refractivity contribution is 5.77. The third-order valence-corrected chi connectivity index (χ3v) is 3.50. The standard InChI is InChI=1S/C19H22FNO2/c1-19(2,3)15-8-6-9-16(11-15)23-13-18(22)21-12-14-7-4-5-10-17(14)20/h4-11H,12-13H2,1-3H3,(H,21,22). The number of nitrogens with one attached hydrogen (secondary N) is 1. The number of carbonyl (C=O) groups is 1. The molecule has 2 aromatic rings.